The van der Waals surface area contributed by atoms with Crippen LogP contribution in [-0.4, -0.2) is 193 Å². The summed E-state index contributed by atoms with van der Waals surface area (Å²) in [5.74, 6) is -0.319. The number of rotatable bonds is 63. The minimum absolute atomic E-state index is 0.191. The Balaban J connectivity index is 1.41. The molecule has 3 saturated heterocycles. The monoisotopic (exact) mass is 1500 g/mol. The smallest absolute Gasteiger partial charge is 0.220 e. The molecule has 3 aliphatic heterocycles. The van der Waals surface area contributed by atoms with E-state index in [1.165, 1.54) is 109 Å². The molecule has 17 unspecified atom stereocenters. The summed E-state index contributed by atoms with van der Waals surface area (Å²) >= 11 is 0. The normalized spacial score (nSPS) is 26.4. The van der Waals surface area contributed by atoms with Crippen LogP contribution in [-0.2, 0) is 33.2 Å². The van der Waals surface area contributed by atoms with Crippen LogP contribution < -0.4 is 5.32 Å². The molecule has 0 aliphatic carbocycles. The Kier molecular flexibility index (Phi) is 59.6. The molecule has 3 aliphatic rings. The first-order valence-electron chi connectivity index (χ1n) is 41.2. The summed E-state index contributed by atoms with van der Waals surface area (Å²) in [6, 6.07) is -1.03. The summed E-state index contributed by atoms with van der Waals surface area (Å²) in [6.07, 6.45) is 70.8. The molecule has 3 rings (SSSR count). The van der Waals surface area contributed by atoms with Gasteiger partial charge in [-0.15, -0.1) is 0 Å². The van der Waals surface area contributed by atoms with Crippen LogP contribution in [0.25, 0.3) is 0 Å². The van der Waals surface area contributed by atoms with Crippen LogP contribution in [0.15, 0.2) is 158 Å². The minimum atomic E-state index is -1.99. The number of unbranched alkanes of at least 4 members (excludes halogenated alkanes) is 23. The minimum Gasteiger partial charge on any atom is -0.394 e. The Morgan fingerprint density at radius 3 is 1.05 bits per heavy atom. The molecule has 1 amide bonds. The maximum Gasteiger partial charge on any atom is 0.220 e. The quantitative estimate of drug-likeness (QED) is 0.0199. The number of aliphatic hydroxyl groups is 11. The first-order chi connectivity index (χ1) is 52.3. The van der Waals surface area contributed by atoms with Crippen molar-refractivity contribution in [2.24, 2.45) is 0 Å². The Morgan fingerprint density at radius 1 is 0.346 bits per heavy atom. The molecular formula is C88H145NO18. The zero-order valence-corrected chi connectivity index (χ0v) is 65.3. The van der Waals surface area contributed by atoms with Crippen LogP contribution in [0.2, 0.25) is 0 Å². The molecule has 0 aromatic heterocycles. The van der Waals surface area contributed by atoms with Crippen molar-refractivity contribution in [1.29, 1.82) is 0 Å². The van der Waals surface area contributed by atoms with Crippen LogP contribution in [0, 0.1) is 0 Å². The van der Waals surface area contributed by atoms with Gasteiger partial charge in [-0.2, -0.15) is 0 Å². The Morgan fingerprint density at radius 2 is 0.654 bits per heavy atom. The Hall–Kier alpha value is -4.59. The highest BCUT2D eigenvalue weighted by Gasteiger charge is 2.54. The maximum absolute atomic E-state index is 13.5. The molecule has 0 aromatic rings. The number of allylic oxidation sites excluding steroid dienone is 25. The van der Waals surface area contributed by atoms with Gasteiger partial charge in [0.25, 0.3) is 0 Å². The molecule has 0 radical (unpaired) electrons. The van der Waals surface area contributed by atoms with E-state index in [2.05, 4.69) is 165 Å². The lowest BCUT2D eigenvalue weighted by Gasteiger charge is -2.48. The summed E-state index contributed by atoms with van der Waals surface area (Å²) in [5.41, 5.74) is 0. The highest BCUT2D eigenvalue weighted by molar-refractivity contribution is 5.76. The number of amides is 1. The summed E-state index contributed by atoms with van der Waals surface area (Å²) in [7, 11) is 0. The zero-order chi connectivity index (χ0) is 77.4. The fourth-order valence-corrected chi connectivity index (χ4v) is 12.7. The zero-order valence-electron chi connectivity index (χ0n) is 65.3. The van der Waals surface area contributed by atoms with Gasteiger partial charge in [0.2, 0.25) is 5.91 Å². The molecule has 0 spiro atoms. The lowest BCUT2D eigenvalue weighted by Crippen LogP contribution is -2.66. The number of hydrogen-bond donors (Lipinski definition) is 12. The van der Waals surface area contributed by atoms with Crippen molar-refractivity contribution in [2.45, 2.75) is 362 Å². The Labute approximate surface area is 644 Å². The van der Waals surface area contributed by atoms with E-state index in [4.69, 9.17) is 28.4 Å². The van der Waals surface area contributed by atoms with E-state index in [0.29, 0.717) is 12.8 Å². The SMILES string of the molecule is CC/C=C\C/C=C\C/C=C\C/C=C\C/C=C\C/C=C\C/C=C\C/C=C\C/C=C\C/C=C\CCCCCCC(=O)NC(COC1OC(CO)C(OC2OC(CO)C(OC3OC(CO)C(O)C(O)C3O)C(O)C2O)C(O)C1O)C(O)/C=C/CC/C=C/CC/C=C/CCCCCCCCCCCCCCCCCCC. The standard InChI is InChI=1S/C88H145NO18/c1-3-5-7-9-11-13-15-17-19-21-23-25-27-29-31-32-33-34-35-36-37-38-40-42-44-46-48-50-52-54-56-58-60-62-64-66-76(94)89-71(72(93)65-63-61-59-57-55-53-51-49-47-45-43-41-39-30-28-26-24-22-20-18-16-14-12-10-8-6-4-2)70-102-86-82(100)79(97)84(74(68-91)104-86)107-88-83(101)80(98)85(75(69-92)105-88)106-87-81(99)78(96)77(95)73(67-90)103-87/h5,7,11,13,17,19,23,25,29,31,33-34,36-37,40,42,46-49,52,54-55,57,63,65,71-75,77-88,90-93,95-101H,3-4,6,8-10,12,14-16,18,20-22,24,26-28,30,32,35,38-39,41,43-45,50-51,53,56,58-62,64,66-70H2,1-2H3,(H,89,94)/b7-5-,13-11-,19-17-,25-23-,31-29-,34-33-,37-36-,42-40-,48-46-,49-47+,54-52-,57-55+,65-63+. The predicted molar refractivity (Wildman–Crippen MR) is 429 cm³/mol. The summed E-state index contributed by atoms with van der Waals surface area (Å²) in [4.78, 5) is 13.5. The topological polar surface area (TPSA) is 307 Å². The van der Waals surface area contributed by atoms with E-state index in [1.54, 1.807) is 6.08 Å². The number of carbonyl (C=O) groups excluding carboxylic acids is 1. The highest BCUT2D eigenvalue weighted by atomic mass is 16.8. The first-order valence-corrected chi connectivity index (χ1v) is 41.2. The van der Waals surface area contributed by atoms with Crippen molar-refractivity contribution in [3.8, 4) is 0 Å². The van der Waals surface area contributed by atoms with Crippen molar-refractivity contribution in [3.63, 3.8) is 0 Å². The van der Waals surface area contributed by atoms with Crippen LogP contribution in [0.1, 0.15) is 258 Å². The molecule has 19 nitrogen and oxygen atoms in total. The van der Waals surface area contributed by atoms with E-state index in [0.717, 1.165) is 116 Å². The van der Waals surface area contributed by atoms with Gasteiger partial charge in [0.05, 0.1) is 38.6 Å². The van der Waals surface area contributed by atoms with E-state index >= 15 is 0 Å². The van der Waals surface area contributed by atoms with Gasteiger partial charge in [-0.3, -0.25) is 4.79 Å². The average Bonchev–Trinajstić information content (AvgIpc) is 0.781. The molecule has 610 valence electrons. The van der Waals surface area contributed by atoms with Crippen molar-refractivity contribution in [3.05, 3.63) is 158 Å². The second kappa shape index (κ2) is 66.1. The molecule has 3 fully saturated rings. The summed E-state index contributed by atoms with van der Waals surface area (Å²) in [5, 5.41) is 121. The summed E-state index contributed by atoms with van der Waals surface area (Å²) in [6.45, 7) is 1.58. The number of nitrogens with one attached hydrogen (secondary N) is 1. The molecular weight excluding hydrogens is 1360 g/mol. The Bertz CT molecular complexity index is 2550. The second-order valence-electron chi connectivity index (χ2n) is 28.5. The molecule has 0 saturated carbocycles. The van der Waals surface area contributed by atoms with Crippen LogP contribution in [0.4, 0.5) is 0 Å². The third kappa shape index (κ3) is 45.5. The van der Waals surface area contributed by atoms with Gasteiger partial charge in [0, 0.05) is 6.42 Å². The van der Waals surface area contributed by atoms with Gasteiger partial charge < -0.3 is 89.9 Å². The van der Waals surface area contributed by atoms with Gasteiger partial charge in [0.1, 0.15) is 73.2 Å². The lowest BCUT2D eigenvalue weighted by molar-refractivity contribution is -0.379. The number of aliphatic hydroxyl groups excluding tert-OH is 11. The number of ether oxygens (including phenoxy) is 6. The third-order valence-electron chi connectivity index (χ3n) is 19.3. The van der Waals surface area contributed by atoms with E-state index < -0.39 is 131 Å². The van der Waals surface area contributed by atoms with E-state index in [-0.39, 0.29) is 12.3 Å². The van der Waals surface area contributed by atoms with Crippen LogP contribution >= 0.6 is 0 Å². The summed E-state index contributed by atoms with van der Waals surface area (Å²) < 4.78 is 34.4. The van der Waals surface area contributed by atoms with Gasteiger partial charge >= 0.3 is 0 Å². The third-order valence-corrected chi connectivity index (χ3v) is 19.3. The molecule has 3 heterocycles. The molecule has 17 atom stereocenters. The van der Waals surface area contributed by atoms with Crippen molar-refractivity contribution < 1.29 is 89.4 Å². The average molecular weight is 1510 g/mol. The molecule has 107 heavy (non-hydrogen) atoms. The van der Waals surface area contributed by atoms with Crippen molar-refractivity contribution in [2.75, 3.05) is 26.4 Å². The molecule has 19 heteroatoms. The maximum atomic E-state index is 13.5. The first kappa shape index (κ1) is 96.6. The fraction of sp³-hybridized carbons (Fsp3) is 0.693. The molecule has 0 aromatic carbocycles. The fourth-order valence-electron chi connectivity index (χ4n) is 12.7. The van der Waals surface area contributed by atoms with Gasteiger partial charge in [-0.05, 0) is 122 Å². The van der Waals surface area contributed by atoms with Crippen LogP contribution in [0.5, 0.6) is 0 Å². The van der Waals surface area contributed by atoms with Gasteiger partial charge in [-0.25, -0.2) is 0 Å². The van der Waals surface area contributed by atoms with Crippen LogP contribution in [0.3, 0.4) is 0 Å². The molecule has 12 N–H and O–H groups in total. The van der Waals surface area contributed by atoms with E-state index in [1.807, 2.05) is 6.08 Å². The lowest BCUT2D eigenvalue weighted by atomic mass is 9.96. The highest BCUT2D eigenvalue weighted by Crippen LogP contribution is 2.33. The largest absolute Gasteiger partial charge is 0.394 e. The second-order valence-corrected chi connectivity index (χ2v) is 28.5. The van der Waals surface area contributed by atoms with Crippen molar-refractivity contribution in [1.82, 2.24) is 5.32 Å². The van der Waals surface area contributed by atoms with E-state index in [9.17, 15) is 61.0 Å². The predicted octanol–water partition coefficient (Wildman–Crippen LogP) is 14.4. The number of carbonyl (C=O) groups is 1. The van der Waals surface area contributed by atoms with Gasteiger partial charge in [-0.1, -0.05) is 287 Å². The van der Waals surface area contributed by atoms with Gasteiger partial charge in [0.15, 0.2) is 18.9 Å². The number of hydrogen-bond acceptors (Lipinski definition) is 18. The van der Waals surface area contributed by atoms with Crippen molar-refractivity contribution >= 4 is 5.91 Å². The molecule has 0 bridgehead atoms.